The lowest BCUT2D eigenvalue weighted by Crippen LogP contribution is -2.47. The van der Waals surface area contributed by atoms with Gasteiger partial charge in [0.05, 0.1) is 10.8 Å². The summed E-state index contributed by atoms with van der Waals surface area (Å²) in [7, 11) is -3.57. The minimum atomic E-state index is -3.57. The highest BCUT2D eigenvalue weighted by Gasteiger charge is 2.40. The molecule has 1 N–H and O–H groups in total. The van der Waals surface area contributed by atoms with Crippen molar-refractivity contribution in [3.63, 3.8) is 0 Å². The molecular weight excluding hydrogens is 380 g/mol. The molecular formula is C20H28N2O5S. The van der Waals surface area contributed by atoms with Crippen molar-refractivity contribution in [2.45, 2.75) is 56.4 Å². The number of aliphatic carboxylic acids is 1. The summed E-state index contributed by atoms with van der Waals surface area (Å²) in [5.41, 5.74) is 1.03. The number of carboxylic acid groups (broad SMARTS) is 1. The van der Waals surface area contributed by atoms with E-state index in [1.54, 1.807) is 17.0 Å². The Morgan fingerprint density at radius 3 is 2.14 bits per heavy atom. The summed E-state index contributed by atoms with van der Waals surface area (Å²) in [4.78, 5) is 25.2. The van der Waals surface area contributed by atoms with Gasteiger partial charge in [0.15, 0.2) is 0 Å². The van der Waals surface area contributed by atoms with Crippen molar-refractivity contribution in [3.05, 3.63) is 29.8 Å². The zero-order valence-electron chi connectivity index (χ0n) is 16.6. The number of carbonyl (C=O) groups excluding carboxylic acids is 1. The average molecular weight is 409 g/mol. The molecule has 2 saturated heterocycles. The van der Waals surface area contributed by atoms with Crippen LogP contribution in [0.25, 0.3) is 0 Å². The van der Waals surface area contributed by atoms with E-state index in [0.29, 0.717) is 25.9 Å². The molecule has 8 heteroatoms. The molecule has 154 valence electrons. The standard InChI is InChI=1S/C20H28N2O5S/c1-20(2,3)15-4-6-17(7-5-15)28(26,27)21-10-8-16(9-11-21)22-13-14(19(24)25)12-18(22)23/h4-7,14,16H,8-13H2,1-3H3,(H,24,25). The molecule has 2 heterocycles. The van der Waals surface area contributed by atoms with E-state index in [1.807, 2.05) is 12.1 Å². The minimum Gasteiger partial charge on any atom is -0.481 e. The first kappa shape index (κ1) is 20.8. The first-order chi connectivity index (χ1) is 13.0. The first-order valence-electron chi connectivity index (χ1n) is 9.63. The van der Waals surface area contributed by atoms with Crippen LogP contribution >= 0.6 is 0 Å². The van der Waals surface area contributed by atoms with Crippen LogP contribution in [0, 0.1) is 5.92 Å². The molecule has 2 aliphatic rings. The second-order valence-electron chi connectivity index (χ2n) is 8.70. The van der Waals surface area contributed by atoms with Crippen LogP contribution in [0.5, 0.6) is 0 Å². The molecule has 0 radical (unpaired) electrons. The minimum absolute atomic E-state index is 0.0357. The Balaban J connectivity index is 1.65. The molecule has 2 fully saturated rings. The van der Waals surface area contributed by atoms with Gasteiger partial charge in [0.1, 0.15) is 0 Å². The van der Waals surface area contributed by atoms with Crippen molar-refractivity contribution < 1.29 is 23.1 Å². The Hall–Kier alpha value is -1.93. The summed E-state index contributed by atoms with van der Waals surface area (Å²) in [5.74, 6) is -1.75. The van der Waals surface area contributed by atoms with Gasteiger partial charge in [0.2, 0.25) is 15.9 Å². The number of carbonyl (C=O) groups is 2. The van der Waals surface area contributed by atoms with Gasteiger partial charge in [-0.2, -0.15) is 4.31 Å². The van der Waals surface area contributed by atoms with Gasteiger partial charge >= 0.3 is 5.97 Å². The number of hydrogen-bond donors (Lipinski definition) is 1. The van der Waals surface area contributed by atoms with Gasteiger partial charge in [-0.25, -0.2) is 8.42 Å². The van der Waals surface area contributed by atoms with Gasteiger partial charge in [-0.15, -0.1) is 0 Å². The molecule has 28 heavy (non-hydrogen) atoms. The van der Waals surface area contributed by atoms with Crippen molar-refractivity contribution in [3.8, 4) is 0 Å². The van der Waals surface area contributed by atoms with Gasteiger partial charge in [-0.05, 0) is 36.0 Å². The molecule has 7 nitrogen and oxygen atoms in total. The second-order valence-corrected chi connectivity index (χ2v) is 10.6. The fourth-order valence-electron chi connectivity index (χ4n) is 3.92. The largest absolute Gasteiger partial charge is 0.481 e. The molecule has 0 bridgehead atoms. The van der Waals surface area contributed by atoms with E-state index in [1.165, 1.54) is 4.31 Å². The molecule has 0 saturated carbocycles. The van der Waals surface area contributed by atoms with Crippen LogP contribution in [0.15, 0.2) is 29.2 Å². The molecule has 1 unspecified atom stereocenters. The number of likely N-dealkylation sites (tertiary alicyclic amines) is 1. The Bertz CT molecular complexity index is 850. The zero-order chi connectivity index (χ0) is 20.7. The van der Waals surface area contributed by atoms with Crippen LogP contribution in [0.2, 0.25) is 0 Å². The topological polar surface area (TPSA) is 95.0 Å². The number of benzene rings is 1. The first-order valence-corrected chi connectivity index (χ1v) is 11.1. The maximum atomic E-state index is 12.9. The third-order valence-corrected chi connectivity index (χ3v) is 7.64. The molecule has 0 aliphatic carbocycles. The lowest BCUT2D eigenvalue weighted by Gasteiger charge is -2.36. The van der Waals surface area contributed by atoms with Gasteiger partial charge in [-0.3, -0.25) is 9.59 Å². The molecule has 1 aromatic rings. The van der Waals surface area contributed by atoms with Crippen LogP contribution in [0.3, 0.4) is 0 Å². The van der Waals surface area contributed by atoms with Crippen molar-refractivity contribution in [2.24, 2.45) is 5.92 Å². The van der Waals surface area contributed by atoms with E-state index in [0.717, 1.165) is 5.56 Å². The Morgan fingerprint density at radius 1 is 1.11 bits per heavy atom. The van der Waals surface area contributed by atoms with Crippen LogP contribution < -0.4 is 0 Å². The molecule has 2 aliphatic heterocycles. The zero-order valence-corrected chi connectivity index (χ0v) is 17.4. The fourth-order valence-corrected chi connectivity index (χ4v) is 5.39. The molecule has 3 rings (SSSR count). The van der Waals surface area contributed by atoms with E-state index in [9.17, 15) is 18.0 Å². The van der Waals surface area contributed by atoms with Gasteiger partial charge in [-0.1, -0.05) is 32.9 Å². The number of piperidine rings is 1. The highest BCUT2D eigenvalue weighted by molar-refractivity contribution is 7.89. The predicted molar refractivity (Wildman–Crippen MR) is 104 cm³/mol. The molecule has 0 spiro atoms. The van der Waals surface area contributed by atoms with Crippen LogP contribution in [0.1, 0.15) is 45.6 Å². The smallest absolute Gasteiger partial charge is 0.308 e. The highest BCUT2D eigenvalue weighted by Crippen LogP contribution is 2.29. The van der Waals surface area contributed by atoms with E-state index in [2.05, 4.69) is 20.8 Å². The van der Waals surface area contributed by atoms with Crippen molar-refractivity contribution in [1.29, 1.82) is 0 Å². The lowest BCUT2D eigenvalue weighted by atomic mass is 9.87. The molecule has 1 atom stereocenters. The van der Waals surface area contributed by atoms with Crippen LogP contribution in [0.4, 0.5) is 0 Å². The van der Waals surface area contributed by atoms with Gasteiger partial charge < -0.3 is 10.0 Å². The maximum Gasteiger partial charge on any atom is 0.308 e. The molecule has 0 aromatic heterocycles. The average Bonchev–Trinajstić information content (AvgIpc) is 3.03. The number of carboxylic acids is 1. The summed E-state index contributed by atoms with van der Waals surface area (Å²) >= 11 is 0. The SMILES string of the molecule is CC(C)(C)c1ccc(S(=O)(=O)N2CCC(N3CC(C(=O)O)CC3=O)CC2)cc1. The van der Waals surface area contributed by atoms with Crippen LogP contribution in [-0.4, -0.2) is 60.3 Å². The van der Waals surface area contributed by atoms with Crippen molar-refractivity contribution in [1.82, 2.24) is 9.21 Å². The van der Waals surface area contributed by atoms with E-state index in [4.69, 9.17) is 5.11 Å². The Morgan fingerprint density at radius 2 is 1.68 bits per heavy atom. The van der Waals surface area contributed by atoms with Crippen LogP contribution in [-0.2, 0) is 25.0 Å². The van der Waals surface area contributed by atoms with E-state index < -0.39 is 21.9 Å². The highest BCUT2D eigenvalue weighted by atomic mass is 32.2. The monoisotopic (exact) mass is 408 g/mol. The van der Waals surface area contributed by atoms with Gasteiger partial charge in [0.25, 0.3) is 0 Å². The fraction of sp³-hybridized carbons (Fsp3) is 0.600. The summed E-state index contributed by atoms with van der Waals surface area (Å²) in [5, 5.41) is 9.13. The number of sulfonamides is 1. The Labute approximate surface area is 166 Å². The summed E-state index contributed by atoms with van der Waals surface area (Å²) in [6, 6.07) is 6.93. The molecule has 1 aromatic carbocycles. The molecule has 1 amide bonds. The lowest BCUT2D eigenvalue weighted by molar-refractivity contribution is -0.141. The third kappa shape index (κ3) is 4.07. The Kier molecular flexibility index (Phi) is 5.55. The van der Waals surface area contributed by atoms with E-state index >= 15 is 0 Å². The van der Waals surface area contributed by atoms with Crippen molar-refractivity contribution >= 4 is 21.9 Å². The van der Waals surface area contributed by atoms with Gasteiger partial charge in [0, 0.05) is 32.1 Å². The number of rotatable bonds is 4. The quantitative estimate of drug-likeness (QED) is 0.823. The maximum absolute atomic E-state index is 12.9. The normalized spacial score (nSPS) is 22.6. The predicted octanol–water partition coefficient (Wildman–Crippen LogP) is 2.07. The number of hydrogen-bond acceptors (Lipinski definition) is 4. The summed E-state index contributed by atoms with van der Waals surface area (Å²) < 4.78 is 27.4. The number of nitrogens with zero attached hydrogens (tertiary/aromatic N) is 2. The summed E-state index contributed by atoms with van der Waals surface area (Å²) in [6.07, 6.45) is 1.09. The summed E-state index contributed by atoms with van der Waals surface area (Å²) in [6.45, 7) is 7.12. The number of amides is 1. The van der Waals surface area contributed by atoms with Crippen molar-refractivity contribution in [2.75, 3.05) is 19.6 Å². The second kappa shape index (κ2) is 7.48. The third-order valence-electron chi connectivity index (χ3n) is 5.73. The van der Waals surface area contributed by atoms with E-state index in [-0.39, 0.29) is 35.2 Å².